The van der Waals surface area contributed by atoms with Crippen LogP contribution in [0.5, 0.6) is 0 Å². The standard InChI is InChI=1S/C13H30O6Si3/c1-20(2,3)17-11(13(16)19-22(7,8)9)10(14)12(15)18-21(4,5)6/h10-11,14H,1-9H3. The minimum atomic E-state index is -2.17. The summed E-state index contributed by atoms with van der Waals surface area (Å²) < 4.78 is 16.3. The van der Waals surface area contributed by atoms with Gasteiger partial charge in [0.1, 0.15) is 0 Å². The van der Waals surface area contributed by atoms with E-state index in [0.717, 1.165) is 0 Å². The molecule has 9 heteroatoms. The Hall–Kier alpha value is -0.489. The third-order valence-electron chi connectivity index (χ3n) is 2.05. The van der Waals surface area contributed by atoms with E-state index in [0.29, 0.717) is 0 Å². The molecular weight excluding hydrogens is 336 g/mol. The molecule has 0 aromatic heterocycles. The molecule has 0 bridgehead atoms. The number of hydrogen-bond acceptors (Lipinski definition) is 6. The lowest BCUT2D eigenvalue weighted by Gasteiger charge is -2.31. The summed E-state index contributed by atoms with van der Waals surface area (Å²) in [6.45, 7) is 16.6. The molecule has 0 rings (SSSR count). The molecule has 130 valence electrons. The van der Waals surface area contributed by atoms with Gasteiger partial charge in [-0.05, 0) is 58.9 Å². The van der Waals surface area contributed by atoms with Crippen molar-refractivity contribution in [3.8, 4) is 0 Å². The van der Waals surface area contributed by atoms with E-state index in [-0.39, 0.29) is 0 Å². The van der Waals surface area contributed by atoms with Gasteiger partial charge in [0.2, 0.25) is 16.6 Å². The summed E-state index contributed by atoms with van der Waals surface area (Å²) in [6, 6.07) is 0. The highest BCUT2D eigenvalue weighted by molar-refractivity contribution is 6.72. The van der Waals surface area contributed by atoms with Crippen LogP contribution in [0.25, 0.3) is 0 Å². The van der Waals surface area contributed by atoms with Crippen molar-refractivity contribution in [3.63, 3.8) is 0 Å². The average Bonchev–Trinajstić information content (AvgIpc) is 2.18. The summed E-state index contributed by atoms with van der Waals surface area (Å²) in [5, 5.41) is 10.2. The summed E-state index contributed by atoms with van der Waals surface area (Å²) in [5.41, 5.74) is 0. The van der Waals surface area contributed by atoms with E-state index in [2.05, 4.69) is 0 Å². The van der Waals surface area contributed by atoms with E-state index in [9.17, 15) is 14.7 Å². The van der Waals surface area contributed by atoms with E-state index >= 15 is 0 Å². The highest BCUT2D eigenvalue weighted by Crippen LogP contribution is 2.17. The fraction of sp³-hybridized carbons (Fsp3) is 0.846. The quantitative estimate of drug-likeness (QED) is 0.696. The molecule has 0 aliphatic heterocycles. The molecule has 0 spiro atoms. The number of rotatable bonds is 7. The first kappa shape index (κ1) is 21.5. The van der Waals surface area contributed by atoms with Crippen molar-refractivity contribution in [2.24, 2.45) is 0 Å². The minimum Gasteiger partial charge on any atom is -0.518 e. The van der Waals surface area contributed by atoms with E-state index < -0.39 is 49.1 Å². The van der Waals surface area contributed by atoms with E-state index in [4.69, 9.17) is 13.3 Å². The maximum absolute atomic E-state index is 12.3. The molecule has 0 saturated heterocycles. The smallest absolute Gasteiger partial charge is 0.325 e. The first-order chi connectivity index (χ1) is 9.52. The van der Waals surface area contributed by atoms with Crippen molar-refractivity contribution in [2.75, 3.05) is 0 Å². The Balaban J connectivity index is 5.23. The molecule has 0 aliphatic carbocycles. The van der Waals surface area contributed by atoms with Gasteiger partial charge in [-0.15, -0.1) is 0 Å². The second-order valence-electron chi connectivity index (χ2n) is 8.16. The van der Waals surface area contributed by atoms with Crippen LogP contribution >= 0.6 is 0 Å². The molecule has 0 aliphatic rings. The van der Waals surface area contributed by atoms with Crippen LogP contribution in [0.2, 0.25) is 58.9 Å². The molecule has 6 nitrogen and oxygen atoms in total. The molecule has 2 unspecified atom stereocenters. The summed E-state index contributed by atoms with van der Waals surface area (Å²) in [4.78, 5) is 24.4. The Morgan fingerprint density at radius 1 is 0.727 bits per heavy atom. The Morgan fingerprint density at radius 3 is 1.41 bits per heavy atom. The zero-order valence-corrected chi connectivity index (χ0v) is 18.1. The van der Waals surface area contributed by atoms with Gasteiger partial charge in [-0.2, -0.15) is 0 Å². The van der Waals surface area contributed by atoms with Crippen LogP contribution in [-0.4, -0.2) is 54.2 Å². The summed E-state index contributed by atoms with van der Waals surface area (Å²) in [6.07, 6.45) is -3.00. The number of carbonyl (C=O) groups is 2. The SMILES string of the molecule is C[Si](C)(C)OC(=O)C(O)C(O[Si](C)(C)C)C(=O)O[Si](C)(C)C. The van der Waals surface area contributed by atoms with Crippen LogP contribution in [0, 0.1) is 0 Å². The van der Waals surface area contributed by atoms with Gasteiger partial charge in [-0.25, -0.2) is 0 Å². The predicted octanol–water partition coefficient (Wildman–Crippen LogP) is 2.32. The third kappa shape index (κ3) is 9.51. The summed E-state index contributed by atoms with van der Waals surface area (Å²) >= 11 is 0. The lowest BCUT2D eigenvalue weighted by Crippen LogP contribution is -2.51. The van der Waals surface area contributed by atoms with Crippen molar-refractivity contribution in [1.29, 1.82) is 0 Å². The van der Waals surface area contributed by atoms with Crippen LogP contribution in [0.3, 0.4) is 0 Å². The second kappa shape index (κ2) is 7.39. The van der Waals surface area contributed by atoms with Gasteiger partial charge >= 0.3 is 11.9 Å². The van der Waals surface area contributed by atoms with Crippen LogP contribution in [0.15, 0.2) is 0 Å². The number of aliphatic hydroxyl groups excluding tert-OH is 1. The number of hydrogen-bond donors (Lipinski definition) is 1. The van der Waals surface area contributed by atoms with Crippen molar-refractivity contribution < 1.29 is 28.0 Å². The lowest BCUT2D eigenvalue weighted by molar-refractivity contribution is -0.162. The maximum Gasteiger partial charge on any atom is 0.325 e. The summed E-state index contributed by atoms with van der Waals surface area (Å²) in [7, 11) is -6.49. The first-order valence-electron chi connectivity index (χ1n) is 7.33. The second-order valence-corrected chi connectivity index (χ2v) is 21.5. The molecule has 1 N–H and O–H groups in total. The Labute approximate surface area is 136 Å². The molecule has 0 aromatic rings. The molecule has 0 amide bonds. The van der Waals surface area contributed by atoms with Gasteiger partial charge in [0, 0.05) is 0 Å². The lowest BCUT2D eigenvalue weighted by atomic mass is 10.2. The first-order valence-corrected chi connectivity index (χ1v) is 17.6. The summed E-state index contributed by atoms with van der Waals surface area (Å²) in [5.74, 6) is -1.52. The molecule has 0 fully saturated rings. The van der Waals surface area contributed by atoms with Crippen LogP contribution in [0.4, 0.5) is 0 Å². The number of carbonyl (C=O) groups excluding carboxylic acids is 2. The average molecular weight is 367 g/mol. The van der Waals surface area contributed by atoms with Crippen molar-refractivity contribution in [1.82, 2.24) is 0 Å². The van der Waals surface area contributed by atoms with Gasteiger partial charge in [0.05, 0.1) is 0 Å². The van der Waals surface area contributed by atoms with Gasteiger partial charge in [0.25, 0.3) is 0 Å². The molecule has 0 radical (unpaired) electrons. The van der Waals surface area contributed by atoms with Crippen LogP contribution in [0.1, 0.15) is 0 Å². The Bertz CT molecular complexity index is 405. The maximum atomic E-state index is 12.3. The molecule has 0 aromatic carbocycles. The molecular formula is C13H30O6Si3. The van der Waals surface area contributed by atoms with Crippen molar-refractivity contribution in [3.05, 3.63) is 0 Å². The third-order valence-corrected chi connectivity index (χ3v) is 4.64. The van der Waals surface area contributed by atoms with Gasteiger partial charge in [-0.3, -0.25) is 9.59 Å². The molecule has 22 heavy (non-hydrogen) atoms. The van der Waals surface area contributed by atoms with Crippen molar-refractivity contribution >= 4 is 36.9 Å². The predicted molar refractivity (Wildman–Crippen MR) is 93.1 cm³/mol. The topological polar surface area (TPSA) is 82.1 Å². The van der Waals surface area contributed by atoms with Gasteiger partial charge in [-0.1, -0.05) is 0 Å². The Kier molecular flexibility index (Phi) is 7.22. The normalized spacial score (nSPS) is 15.9. The largest absolute Gasteiger partial charge is 0.518 e. The monoisotopic (exact) mass is 366 g/mol. The van der Waals surface area contributed by atoms with Gasteiger partial charge < -0.3 is 18.4 Å². The zero-order chi connectivity index (χ0) is 17.9. The molecule has 2 atom stereocenters. The van der Waals surface area contributed by atoms with Crippen LogP contribution < -0.4 is 0 Å². The van der Waals surface area contributed by atoms with E-state index in [1.807, 2.05) is 58.9 Å². The number of aliphatic hydroxyl groups is 1. The highest BCUT2D eigenvalue weighted by Gasteiger charge is 2.41. The van der Waals surface area contributed by atoms with Crippen LogP contribution in [-0.2, 0) is 22.9 Å². The minimum absolute atomic E-state index is 0.693. The highest BCUT2D eigenvalue weighted by atomic mass is 28.4. The molecule has 0 saturated carbocycles. The Morgan fingerprint density at radius 2 is 1.09 bits per heavy atom. The fourth-order valence-corrected chi connectivity index (χ4v) is 3.90. The zero-order valence-electron chi connectivity index (χ0n) is 15.1. The van der Waals surface area contributed by atoms with E-state index in [1.54, 1.807) is 0 Å². The van der Waals surface area contributed by atoms with Gasteiger partial charge in [0.15, 0.2) is 20.5 Å². The van der Waals surface area contributed by atoms with Crippen molar-refractivity contribution in [2.45, 2.75) is 71.1 Å². The molecule has 0 heterocycles. The fourth-order valence-electron chi connectivity index (χ4n) is 1.47. The van der Waals surface area contributed by atoms with E-state index in [1.165, 1.54) is 0 Å².